The molecule has 2 rings (SSSR count). The van der Waals surface area contributed by atoms with E-state index < -0.39 is 10.0 Å². The van der Waals surface area contributed by atoms with Crippen molar-refractivity contribution in [3.8, 4) is 0 Å². The molecule has 25 heavy (non-hydrogen) atoms. The molecular weight excluding hydrogens is 336 g/mol. The van der Waals surface area contributed by atoms with Crippen molar-refractivity contribution in [2.75, 3.05) is 30.2 Å². The van der Waals surface area contributed by atoms with Crippen LogP contribution in [-0.4, -0.2) is 45.1 Å². The van der Waals surface area contributed by atoms with Gasteiger partial charge in [0.2, 0.25) is 15.9 Å². The number of rotatable bonds is 4. The second kappa shape index (κ2) is 7.36. The molecule has 1 aromatic rings. The topological polar surface area (TPSA) is 57.7 Å². The minimum atomic E-state index is -3.53. The van der Waals surface area contributed by atoms with Crippen LogP contribution in [0.3, 0.4) is 0 Å². The van der Waals surface area contributed by atoms with Crippen molar-refractivity contribution < 1.29 is 13.2 Å². The van der Waals surface area contributed by atoms with Gasteiger partial charge >= 0.3 is 0 Å². The summed E-state index contributed by atoms with van der Waals surface area (Å²) in [6, 6.07) is 7.43. The van der Waals surface area contributed by atoms with Crippen molar-refractivity contribution in [2.45, 2.75) is 46.0 Å². The number of likely N-dealkylation sites (tertiary alicyclic amines) is 1. The Morgan fingerprint density at radius 1 is 1.24 bits per heavy atom. The average molecular weight is 367 g/mol. The van der Waals surface area contributed by atoms with Gasteiger partial charge in [0.1, 0.15) is 6.54 Å². The number of carbonyl (C=O) groups is 1. The van der Waals surface area contributed by atoms with E-state index in [2.05, 4.69) is 27.7 Å². The van der Waals surface area contributed by atoms with Gasteiger partial charge in [-0.1, -0.05) is 39.8 Å². The molecule has 1 saturated heterocycles. The predicted molar refractivity (Wildman–Crippen MR) is 102 cm³/mol. The van der Waals surface area contributed by atoms with Crippen molar-refractivity contribution >= 4 is 21.6 Å². The molecule has 1 amide bonds. The number of benzene rings is 1. The molecule has 0 spiro atoms. The average Bonchev–Trinajstić information content (AvgIpc) is 2.50. The molecule has 5 nitrogen and oxygen atoms in total. The number of sulfonamides is 1. The zero-order valence-corrected chi connectivity index (χ0v) is 16.8. The van der Waals surface area contributed by atoms with Crippen LogP contribution in [0.15, 0.2) is 24.3 Å². The molecule has 1 aliphatic rings. The fourth-order valence-corrected chi connectivity index (χ4v) is 4.02. The zero-order valence-electron chi connectivity index (χ0n) is 15.9. The Balaban J connectivity index is 2.21. The summed E-state index contributed by atoms with van der Waals surface area (Å²) >= 11 is 0. The fraction of sp³-hybridized carbons (Fsp3) is 0.632. The highest BCUT2D eigenvalue weighted by Gasteiger charge is 2.27. The van der Waals surface area contributed by atoms with Crippen LogP contribution in [0.4, 0.5) is 5.69 Å². The van der Waals surface area contributed by atoms with Gasteiger partial charge in [-0.3, -0.25) is 9.10 Å². The van der Waals surface area contributed by atoms with Crippen molar-refractivity contribution in [3.63, 3.8) is 0 Å². The third-order valence-corrected chi connectivity index (χ3v) is 5.85. The first kappa shape index (κ1) is 19.8. The Hall–Kier alpha value is -1.56. The lowest BCUT2D eigenvalue weighted by molar-refractivity contribution is -0.131. The molecule has 0 radical (unpaired) electrons. The van der Waals surface area contributed by atoms with Gasteiger partial charge in [0, 0.05) is 13.1 Å². The van der Waals surface area contributed by atoms with Gasteiger partial charge < -0.3 is 4.90 Å². The number of amides is 1. The normalized spacial score (nSPS) is 18.9. The van der Waals surface area contributed by atoms with Gasteiger partial charge in [-0.2, -0.15) is 0 Å². The quantitative estimate of drug-likeness (QED) is 0.823. The predicted octanol–water partition coefficient (Wildman–Crippen LogP) is 3.01. The van der Waals surface area contributed by atoms with Gasteiger partial charge in [-0.15, -0.1) is 0 Å². The molecule has 0 N–H and O–H groups in total. The van der Waals surface area contributed by atoms with Crippen LogP contribution in [0.1, 0.15) is 46.1 Å². The third-order valence-electron chi connectivity index (χ3n) is 4.71. The van der Waals surface area contributed by atoms with Crippen molar-refractivity contribution in [1.82, 2.24) is 4.90 Å². The highest BCUT2D eigenvalue weighted by Crippen LogP contribution is 2.26. The molecule has 0 aliphatic carbocycles. The van der Waals surface area contributed by atoms with Crippen LogP contribution in [0.2, 0.25) is 0 Å². The smallest absolute Gasteiger partial charge is 0.243 e. The van der Waals surface area contributed by atoms with E-state index in [0.29, 0.717) is 24.7 Å². The van der Waals surface area contributed by atoms with Crippen LogP contribution in [0.25, 0.3) is 0 Å². The Labute approximate surface area is 152 Å². The van der Waals surface area contributed by atoms with Crippen LogP contribution in [-0.2, 0) is 20.2 Å². The summed E-state index contributed by atoms with van der Waals surface area (Å²) in [4.78, 5) is 14.4. The van der Waals surface area contributed by atoms with Gasteiger partial charge in [-0.25, -0.2) is 8.42 Å². The minimum Gasteiger partial charge on any atom is -0.341 e. The molecule has 6 heteroatoms. The molecule has 140 valence electrons. The number of nitrogens with zero attached hydrogens (tertiary/aromatic N) is 2. The molecule has 1 aromatic carbocycles. The summed E-state index contributed by atoms with van der Waals surface area (Å²) in [5, 5.41) is 0. The SMILES string of the molecule is C[C@@H]1CCCN(C(=O)CN(c2ccc(C(C)(C)C)cc2)S(C)(=O)=O)C1. The van der Waals surface area contributed by atoms with Gasteiger partial charge in [0.25, 0.3) is 0 Å². The summed E-state index contributed by atoms with van der Waals surface area (Å²) in [6.45, 7) is 9.73. The lowest BCUT2D eigenvalue weighted by Crippen LogP contribution is -2.46. The summed E-state index contributed by atoms with van der Waals surface area (Å²) in [7, 11) is -3.53. The van der Waals surface area contributed by atoms with Crippen molar-refractivity contribution in [1.29, 1.82) is 0 Å². The summed E-state index contributed by atoms with van der Waals surface area (Å²) in [5.41, 5.74) is 1.66. The maximum absolute atomic E-state index is 12.6. The number of anilines is 1. The van der Waals surface area contributed by atoms with Gasteiger partial charge in [0.05, 0.1) is 11.9 Å². The standard InChI is InChI=1S/C19H30N2O3S/c1-15-7-6-12-20(13-15)18(22)14-21(25(5,23)24)17-10-8-16(9-11-17)19(2,3)4/h8-11,15H,6-7,12-14H2,1-5H3/t15-/m1/s1. The second-order valence-corrected chi connectivity index (χ2v) is 10.1. The number of piperidine rings is 1. The van der Waals surface area contributed by atoms with Crippen molar-refractivity contribution in [2.24, 2.45) is 5.92 Å². The van der Waals surface area contributed by atoms with E-state index in [-0.39, 0.29) is 17.9 Å². The molecule has 1 atom stereocenters. The van der Waals surface area contributed by atoms with E-state index in [9.17, 15) is 13.2 Å². The number of hydrogen-bond donors (Lipinski definition) is 0. The highest BCUT2D eigenvalue weighted by atomic mass is 32.2. The Morgan fingerprint density at radius 3 is 2.32 bits per heavy atom. The lowest BCUT2D eigenvalue weighted by atomic mass is 9.87. The Bertz CT molecular complexity index is 705. The first-order valence-corrected chi connectivity index (χ1v) is 10.7. The molecule has 1 heterocycles. The summed E-state index contributed by atoms with van der Waals surface area (Å²) in [5.74, 6) is 0.340. The monoisotopic (exact) mass is 366 g/mol. The molecule has 0 aromatic heterocycles. The molecule has 0 bridgehead atoms. The highest BCUT2D eigenvalue weighted by molar-refractivity contribution is 7.92. The number of carbonyl (C=O) groups excluding carboxylic acids is 1. The summed E-state index contributed by atoms with van der Waals surface area (Å²) in [6.07, 6.45) is 3.25. The second-order valence-electron chi connectivity index (χ2n) is 8.15. The maximum Gasteiger partial charge on any atom is 0.243 e. The molecule has 1 aliphatic heterocycles. The van der Waals surface area contributed by atoms with Crippen LogP contribution in [0.5, 0.6) is 0 Å². The minimum absolute atomic E-state index is 0.00575. The van der Waals surface area contributed by atoms with E-state index in [1.165, 1.54) is 4.31 Å². The van der Waals surface area contributed by atoms with E-state index in [4.69, 9.17) is 0 Å². The van der Waals surface area contributed by atoms with E-state index in [1.54, 1.807) is 17.0 Å². The summed E-state index contributed by atoms with van der Waals surface area (Å²) < 4.78 is 25.7. The van der Waals surface area contributed by atoms with Crippen LogP contribution in [0, 0.1) is 5.92 Å². The fourth-order valence-electron chi connectivity index (χ4n) is 3.17. The Kier molecular flexibility index (Phi) is 5.82. The van der Waals surface area contributed by atoms with Crippen LogP contribution >= 0.6 is 0 Å². The maximum atomic E-state index is 12.6. The molecule has 0 unspecified atom stereocenters. The zero-order chi connectivity index (χ0) is 18.8. The lowest BCUT2D eigenvalue weighted by Gasteiger charge is -2.33. The van der Waals surface area contributed by atoms with E-state index in [0.717, 1.165) is 24.7 Å². The molecule has 0 saturated carbocycles. The van der Waals surface area contributed by atoms with Gasteiger partial charge in [-0.05, 0) is 41.9 Å². The van der Waals surface area contributed by atoms with Gasteiger partial charge in [0.15, 0.2) is 0 Å². The third kappa shape index (κ3) is 5.21. The largest absolute Gasteiger partial charge is 0.341 e. The molecule has 1 fully saturated rings. The first-order chi connectivity index (χ1) is 11.5. The Morgan fingerprint density at radius 2 is 1.84 bits per heavy atom. The van der Waals surface area contributed by atoms with Crippen molar-refractivity contribution in [3.05, 3.63) is 29.8 Å². The first-order valence-electron chi connectivity index (χ1n) is 8.84. The van der Waals surface area contributed by atoms with Crippen LogP contribution < -0.4 is 4.31 Å². The van der Waals surface area contributed by atoms with E-state index >= 15 is 0 Å². The van der Waals surface area contributed by atoms with E-state index in [1.807, 2.05) is 12.1 Å². The number of hydrogen-bond acceptors (Lipinski definition) is 3. The molecular formula is C19H30N2O3S.